The summed E-state index contributed by atoms with van der Waals surface area (Å²) in [6.45, 7) is 2.30. The zero-order valence-corrected chi connectivity index (χ0v) is 10.8. The van der Waals surface area contributed by atoms with E-state index in [0.29, 0.717) is 6.54 Å². The molecule has 0 unspecified atom stereocenters. The Morgan fingerprint density at radius 2 is 1.84 bits per heavy atom. The molecule has 1 fully saturated rings. The minimum absolute atomic E-state index is 0.0526. The van der Waals surface area contributed by atoms with Gasteiger partial charge in [-0.2, -0.15) is 0 Å². The van der Waals surface area contributed by atoms with Crippen LogP contribution in [0.5, 0.6) is 0 Å². The summed E-state index contributed by atoms with van der Waals surface area (Å²) in [5.41, 5.74) is 0.777. The Balaban J connectivity index is 1.94. The van der Waals surface area contributed by atoms with Crippen molar-refractivity contribution in [2.75, 3.05) is 13.2 Å². The summed E-state index contributed by atoms with van der Waals surface area (Å²) >= 11 is 0. The molecule has 1 aliphatic rings. The summed E-state index contributed by atoms with van der Waals surface area (Å²) in [6, 6.07) is 7.87. The highest BCUT2D eigenvalue weighted by Gasteiger charge is 2.53. The Hall–Kier alpha value is -1.88. The third kappa shape index (κ3) is 2.61. The van der Waals surface area contributed by atoms with E-state index in [9.17, 15) is 9.59 Å². The number of amides is 1. The summed E-state index contributed by atoms with van der Waals surface area (Å²) in [4.78, 5) is 23.0. The number of carbonyl (C=O) groups excluding carboxylic acids is 1. The number of hydrogen-bond acceptors (Lipinski definition) is 3. The van der Waals surface area contributed by atoms with Gasteiger partial charge in [0, 0.05) is 6.54 Å². The minimum atomic E-state index is -1.40. The fourth-order valence-corrected chi connectivity index (χ4v) is 1.90. The fourth-order valence-electron chi connectivity index (χ4n) is 1.90. The second kappa shape index (κ2) is 5.40. The highest BCUT2D eigenvalue weighted by Crippen LogP contribution is 2.28. The van der Waals surface area contributed by atoms with E-state index < -0.39 is 17.3 Å². The van der Waals surface area contributed by atoms with E-state index in [0.717, 1.165) is 12.0 Å². The molecule has 0 spiro atoms. The molecule has 102 valence electrons. The monoisotopic (exact) mass is 263 g/mol. The molecule has 0 aliphatic carbocycles. The van der Waals surface area contributed by atoms with Gasteiger partial charge in [-0.1, -0.05) is 31.2 Å². The lowest BCUT2D eigenvalue weighted by molar-refractivity contribution is -0.185. The maximum absolute atomic E-state index is 11.9. The number of aryl methyl sites for hydroxylation is 1. The van der Waals surface area contributed by atoms with E-state index in [-0.39, 0.29) is 13.2 Å². The van der Waals surface area contributed by atoms with Gasteiger partial charge in [0.05, 0.1) is 13.2 Å². The van der Waals surface area contributed by atoms with E-state index in [1.54, 1.807) is 0 Å². The van der Waals surface area contributed by atoms with Crippen LogP contribution in [0.1, 0.15) is 18.1 Å². The van der Waals surface area contributed by atoms with Crippen LogP contribution in [-0.2, 0) is 27.3 Å². The van der Waals surface area contributed by atoms with Gasteiger partial charge in [-0.3, -0.25) is 9.59 Å². The number of rotatable bonds is 5. The lowest BCUT2D eigenvalue weighted by Gasteiger charge is -2.35. The summed E-state index contributed by atoms with van der Waals surface area (Å²) in [7, 11) is 0. The van der Waals surface area contributed by atoms with Gasteiger partial charge in [0.1, 0.15) is 0 Å². The van der Waals surface area contributed by atoms with Crippen LogP contribution in [0.2, 0.25) is 0 Å². The van der Waals surface area contributed by atoms with Gasteiger partial charge in [0.25, 0.3) is 0 Å². The molecule has 0 aromatic heterocycles. The maximum atomic E-state index is 11.9. The predicted molar refractivity (Wildman–Crippen MR) is 68.6 cm³/mol. The topological polar surface area (TPSA) is 75.6 Å². The van der Waals surface area contributed by atoms with Gasteiger partial charge in [-0.05, 0) is 17.5 Å². The van der Waals surface area contributed by atoms with E-state index in [1.807, 2.05) is 24.3 Å². The number of nitrogens with one attached hydrogen (secondary N) is 1. The zero-order valence-electron chi connectivity index (χ0n) is 10.8. The molecule has 5 heteroatoms. The summed E-state index contributed by atoms with van der Waals surface area (Å²) in [6.07, 6.45) is 0.964. The molecule has 5 nitrogen and oxygen atoms in total. The number of carboxylic acids is 1. The largest absolute Gasteiger partial charge is 0.480 e. The van der Waals surface area contributed by atoms with Crippen LogP contribution in [0.4, 0.5) is 0 Å². The van der Waals surface area contributed by atoms with Crippen molar-refractivity contribution in [1.29, 1.82) is 0 Å². The highest BCUT2D eigenvalue weighted by molar-refractivity contribution is 6.03. The number of hydrogen-bond donors (Lipinski definition) is 2. The average molecular weight is 263 g/mol. The molecule has 0 bridgehead atoms. The average Bonchev–Trinajstić information content (AvgIpc) is 2.35. The van der Waals surface area contributed by atoms with Crippen LogP contribution in [0.25, 0.3) is 0 Å². The standard InChI is InChI=1S/C14H17NO4/c1-2-10-3-5-11(6-4-10)7-15-12(16)14(13(17)18)8-19-9-14/h3-6H,2,7-9H2,1H3,(H,15,16)(H,17,18). The van der Waals surface area contributed by atoms with Gasteiger partial charge in [-0.25, -0.2) is 0 Å². The van der Waals surface area contributed by atoms with E-state index >= 15 is 0 Å². The van der Waals surface area contributed by atoms with Gasteiger partial charge >= 0.3 is 5.97 Å². The van der Waals surface area contributed by atoms with Crippen LogP contribution in [0.3, 0.4) is 0 Å². The SMILES string of the molecule is CCc1ccc(CNC(=O)C2(C(=O)O)COC2)cc1. The molecule has 0 atom stereocenters. The third-order valence-electron chi connectivity index (χ3n) is 3.43. The molecule has 1 saturated heterocycles. The number of ether oxygens (including phenoxy) is 1. The van der Waals surface area contributed by atoms with Crippen molar-refractivity contribution in [3.05, 3.63) is 35.4 Å². The Kier molecular flexibility index (Phi) is 3.85. The van der Waals surface area contributed by atoms with E-state index in [4.69, 9.17) is 9.84 Å². The Morgan fingerprint density at radius 1 is 1.26 bits per heavy atom. The van der Waals surface area contributed by atoms with Gasteiger partial charge in [0.2, 0.25) is 5.91 Å². The molecule has 0 saturated carbocycles. The molecular formula is C14H17NO4. The van der Waals surface area contributed by atoms with Crippen molar-refractivity contribution in [2.24, 2.45) is 5.41 Å². The van der Waals surface area contributed by atoms with Crippen LogP contribution in [-0.4, -0.2) is 30.2 Å². The molecule has 1 amide bonds. The van der Waals surface area contributed by atoms with Gasteiger partial charge in [0.15, 0.2) is 5.41 Å². The van der Waals surface area contributed by atoms with Crippen LogP contribution >= 0.6 is 0 Å². The molecule has 1 aromatic rings. The second-order valence-electron chi connectivity index (χ2n) is 4.73. The Labute approximate surface area is 111 Å². The van der Waals surface area contributed by atoms with Crippen molar-refractivity contribution in [3.63, 3.8) is 0 Å². The minimum Gasteiger partial charge on any atom is -0.480 e. The lowest BCUT2D eigenvalue weighted by Crippen LogP contribution is -2.58. The van der Waals surface area contributed by atoms with Crippen LogP contribution in [0, 0.1) is 5.41 Å². The zero-order chi connectivity index (χ0) is 13.9. The number of carboxylic acid groups (broad SMARTS) is 1. The third-order valence-corrected chi connectivity index (χ3v) is 3.43. The van der Waals surface area contributed by atoms with Gasteiger partial charge in [-0.15, -0.1) is 0 Å². The quantitative estimate of drug-likeness (QED) is 0.776. The number of carbonyl (C=O) groups is 2. The number of benzene rings is 1. The lowest BCUT2D eigenvalue weighted by atomic mass is 9.85. The second-order valence-corrected chi connectivity index (χ2v) is 4.73. The van der Waals surface area contributed by atoms with Crippen molar-refractivity contribution < 1.29 is 19.4 Å². The first-order chi connectivity index (χ1) is 9.08. The molecule has 1 aliphatic heterocycles. The Bertz CT molecular complexity index is 477. The van der Waals surface area contributed by atoms with Crippen molar-refractivity contribution >= 4 is 11.9 Å². The molecule has 19 heavy (non-hydrogen) atoms. The Morgan fingerprint density at radius 3 is 2.26 bits per heavy atom. The summed E-state index contributed by atoms with van der Waals surface area (Å²) < 4.78 is 4.86. The van der Waals surface area contributed by atoms with Crippen LogP contribution < -0.4 is 5.32 Å². The van der Waals surface area contributed by atoms with E-state index in [1.165, 1.54) is 5.56 Å². The smallest absolute Gasteiger partial charge is 0.324 e. The van der Waals surface area contributed by atoms with Gasteiger partial charge < -0.3 is 15.2 Å². The van der Waals surface area contributed by atoms with Crippen molar-refractivity contribution in [3.8, 4) is 0 Å². The van der Waals surface area contributed by atoms with Crippen molar-refractivity contribution in [2.45, 2.75) is 19.9 Å². The molecule has 1 heterocycles. The molecule has 2 N–H and O–H groups in total. The fraction of sp³-hybridized carbons (Fsp3) is 0.429. The molecule has 2 rings (SSSR count). The number of aliphatic carboxylic acids is 1. The van der Waals surface area contributed by atoms with Crippen molar-refractivity contribution in [1.82, 2.24) is 5.32 Å². The van der Waals surface area contributed by atoms with E-state index in [2.05, 4.69) is 12.2 Å². The molecule has 1 aromatic carbocycles. The molecule has 0 radical (unpaired) electrons. The normalized spacial score (nSPS) is 16.5. The summed E-state index contributed by atoms with van der Waals surface area (Å²) in [5, 5.41) is 11.7. The highest BCUT2D eigenvalue weighted by atomic mass is 16.5. The first kappa shape index (κ1) is 13.5. The summed E-state index contributed by atoms with van der Waals surface area (Å²) in [5.74, 6) is -1.61. The predicted octanol–water partition coefficient (Wildman–Crippen LogP) is 0.966. The van der Waals surface area contributed by atoms with Crippen LogP contribution in [0.15, 0.2) is 24.3 Å². The molecular weight excluding hydrogens is 246 g/mol. The first-order valence-electron chi connectivity index (χ1n) is 6.26. The first-order valence-corrected chi connectivity index (χ1v) is 6.26. The maximum Gasteiger partial charge on any atom is 0.324 e.